The number of alkyl halides is 3. The molecule has 0 fully saturated rings. The number of aromatic nitrogens is 5. The number of fused-ring (bicyclic) bond motifs is 1. The first kappa shape index (κ1) is 22.6. The number of pyridine rings is 1. The summed E-state index contributed by atoms with van der Waals surface area (Å²) in [6, 6.07) is 18.1. The molecule has 0 radical (unpaired) electrons. The van der Waals surface area contributed by atoms with E-state index >= 15 is 0 Å². The zero-order valence-electron chi connectivity index (χ0n) is 17.8. The molecule has 0 saturated carbocycles. The molecule has 0 bridgehead atoms. The van der Waals surface area contributed by atoms with Crippen LogP contribution in [0.2, 0.25) is 5.02 Å². The lowest BCUT2D eigenvalue weighted by atomic mass is 10.1. The van der Waals surface area contributed by atoms with Crippen molar-refractivity contribution in [3.05, 3.63) is 106 Å². The van der Waals surface area contributed by atoms with Crippen LogP contribution in [-0.2, 0) is 12.7 Å². The van der Waals surface area contributed by atoms with Crippen LogP contribution in [0.25, 0.3) is 16.8 Å². The first-order chi connectivity index (χ1) is 16.8. The molecule has 11 heteroatoms. The molecule has 0 unspecified atom stereocenters. The standard InChI is InChI=1S/C24H15ClF3N5O2/c25-17-9-7-16(8-10-17)19-13-30-33-22(21(19)35-18-4-2-1-3-5-18)31-32(23(33)34)14-15-6-11-20(29-12-15)24(26,27)28/h1-13H,14H2. The highest BCUT2D eigenvalue weighted by Crippen LogP contribution is 2.35. The monoisotopic (exact) mass is 497 g/mol. The second-order valence-electron chi connectivity index (χ2n) is 7.53. The maximum atomic E-state index is 13.0. The molecule has 0 amide bonds. The van der Waals surface area contributed by atoms with Crippen LogP contribution >= 0.6 is 11.6 Å². The van der Waals surface area contributed by atoms with Gasteiger partial charge in [0.25, 0.3) is 0 Å². The van der Waals surface area contributed by atoms with Gasteiger partial charge in [-0.1, -0.05) is 48.0 Å². The van der Waals surface area contributed by atoms with Crippen molar-refractivity contribution in [1.29, 1.82) is 0 Å². The Bertz CT molecular complexity index is 1550. The van der Waals surface area contributed by atoms with Crippen molar-refractivity contribution in [1.82, 2.24) is 24.4 Å². The van der Waals surface area contributed by atoms with Crippen molar-refractivity contribution in [2.24, 2.45) is 0 Å². The number of benzene rings is 2. The topological polar surface area (TPSA) is 74.3 Å². The van der Waals surface area contributed by atoms with Crippen LogP contribution in [0.4, 0.5) is 13.2 Å². The molecule has 0 aliphatic carbocycles. The average molecular weight is 498 g/mol. The van der Waals surface area contributed by atoms with Gasteiger partial charge in [0.15, 0.2) is 5.75 Å². The molecule has 2 aromatic carbocycles. The molecule has 3 aromatic heterocycles. The predicted octanol–water partition coefficient (Wildman–Crippen LogP) is 5.47. The molecule has 176 valence electrons. The highest BCUT2D eigenvalue weighted by atomic mass is 35.5. The molecule has 35 heavy (non-hydrogen) atoms. The van der Waals surface area contributed by atoms with Crippen molar-refractivity contribution in [2.75, 3.05) is 0 Å². The maximum Gasteiger partial charge on any atom is 0.433 e. The summed E-state index contributed by atoms with van der Waals surface area (Å²) in [7, 11) is 0. The lowest BCUT2D eigenvalue weighted by molar-refractivity contribution is -0.141. The van der Waals surface area contributed by atoms with Crippen LogP contribution < -0.4 is 10.4 Å². The fraction of sp³-hybridized carbons (Fsp3) is 0.0833. The zero-order valence-corrected chi connectivity index (χ0v) is 18.5. The number of nitrogens with zero attached hydrogens (tertiary/aromatic N) is 5. The molecule has 0 N–H and O–H groups in total. The largest absolute Gasteiger partial charge is 0.453 e. The Balaban J connectivity index is 1.60. The van der Waals surface area contributed by atoms with E-state index in [4.69, 9.17) is 16.3 Å². The quantitative estimate of drug-likeness (QED) is 0.322. The normalized spacial score (nSPS) is 11.7. The number of ether oxygens (including phenoxy) is 1. The van der Waals surface area contributed by atoms with Gasteiger partial charge in [-0.25, -0.2) is 9.48 Å². The number of hydrogen-bond acceptors (Lipinski definition) is 5. The van der Waals surface area contributed by atoms with E-state index in [9.17, 15) is 18.0 Å². The smallest absolute Gasteiger partial charge is 0.433 e. The van der Waals surface area contributed by atoms with Gasteiger partial charge in [0.05, 0.1) is 12.7 Å². The van der Waals surface area contributed by atoms with Gasteiger partial charge in [0.2, 0.25) is 5.65 Å². The third kappa shape index (κ3) is 4.60. The Morgan fingerprint density at radius 1 is 0.943 bits per heavy atom. The zero-order chi connectivity index (χ0) is 24.6. The summed E-state index contributed by atoms with van der Waals surface area (Å²) >= 11 is 6.02. The third-order valence-electron chi connectivity index (χ3n) is 5.13. The van der Waals surface area contributed by atoms with E-state index in [2.05, 4.69) is 15.2 Å². The molecule has 7 nitrogen and oxygen atoms in total. The predicted molar refractivity (Wildman–Crippen MR) is 123 cm³/mol. The van der Waals surface area contributed by atoms with Crippen LogP contribution in [0, 0.1) is 0 Å². The average Bonchev–Trinajstić information content (AvgIpc) is 3.16. The minimum atomic E-state index is -4.55. The second kappa shape index (κ2) is 8.88. The molecule has 0 saturated heterocycles. The van der Waals surface area contributed by atoms with E-state index in [0.29, 0.717) is 21.9 Å². The van der Waals surface area contributed by atoms with Crippen LogP contribution in [0.3, 0.4) is 0 Å². The molecule has 5 aromatic rings. The summed E-state index contributed by atoms with van der Waals surface area (Å²) in [6.45, 7) is -0.103. The highest BCUT2D eigenvalue weighted by molar-refractivity contribution is 6.30. The van der Waals surface area contributed by atoms with Gasteiger partial charge in [-0.2, -0.15) is 22.8 Å². The van der Waals surface area contributed by atoms with Gasteiger partial charge in [-0.05, 0) is 41.5 Å². The summed E-state index contributed by atoms with van der Waals surface area (Å²) in [4.78, 5) is 16.4. The molecule has 3 heterocycles. The van der Waals surface area contributed by atoms with Crippen LogP contribution in [0.5, 0.6) is 11.5 Å². The minimum absolute atomic E-state index is 0.103. The lowest BCUT2D eigenvalue weighted by Gasteiger charge is -2.11. The highest BCUT2D eigenvalue weighted by Gasteiger charge is 2.32. The fourth-order valence-electron chi connectivity index (χ4n) is 3.44. The van der Waals surface area contributed by atoms with E-state index in [-0.39, 0.29) is 17.9 Å². The van der Waals surface area contributed by atoms with Crippen molar-refractivity contribution in [2.45, 2.75) is 12.7 Å². The first-order valence-corrected chi connectivity index (χ1v) is 10.7. The number of hydrogen-bond donors (Lipinski definition) is 0. The van der Waals surface area contributed by atoms with Gasteiger partial charge in [-0.3, -0.25) is 4.98 Å². The van der Waals surface area contributed by atoms with Crippen molar-refractivity contribution >= 4 is 17.2 Å². The van der Waals surface area contributed by atoms with Crippen LogP contribution in [-0.4, -0.2) is 24.4 Å². The van der Waals surface area contributed by atoms with Gasteiger partial charge < -0.3 is 4.74 Å². The number of para-hydroxylation sites is 1. The van der Waals surface area contributed by atoms with Crippen molar-refractivity contribution in [3.8, 4) is 22.6 Å². The number of halogens is 4. The summed E-state index contributed by atoms with van der Waals surface area (Å²) < 4.78 is 46.7. The van der Waals surface area contributed by atoms with E-state index in [1.54, 1.807) is 48.5 Å². The van der Waals surface area contributed by atoms with E-state index < -0.39 is 17.6 Å². The molecule has 0 aliphatic heterocycles. The Morgan fingerprint density at radius 2 is 1.69 bits per heavy atom. The van der Waals surface area contributed by atoms with Crippen LogP contribution in [0.15, 0.2) is 83.9 Å². The summed E-state index contributed by atoms with van der Waals surface area (Å²) in [5.74, 6) is 0.805. The Morgan fingerprint density at radius 3 is 2.34 bits per heavy atom. The van der Waals surface area contributed by atoms with E-state index in [1.165, 1.54) is 12.3 Å². The Hall–Kier alpha value is -4.18. The Kier molecular flexibility index (Phi) is 5.73. The molecule has 0 atom stereocenters. The number of rotatable bonds is 5. The van der Waals surface area contributed by atoms with Gasteiger partial charge >= 0.3 is 11.9 Å². The van der Waals surface area contributed by atoms with E-state index in [1.807, 2.05) is 6.07 Å². The molecule has 5 rings (SSSR count). The fourth-order valence-corrected chi connectivity index (χ4v) is 3.57. The minimum Gasteiger partial charge on any atom is -0.453 e. The van der Waals surface area contributed by atoms with Gasteiger partial charge in [-0.15, -0.1) is 5.10 Å². The second-order valence-corrected chi connectivity index (χ2v) is 7.97. The molecular weight excluding hydrogens is 483 g/mol. The Labute approximate surface area is 201 Å². The summed E-state index contributed by atoms with van der Waals surface area (Å²) in [5, 5.41) is 9.17. The molecule has 0 aliphatic rings. The molecule has 0 spiro atoms. The lowest BCUT2D eigenvalue weighted by Crippen LogP contribution is -2.23. The van der Waals surface area contributed by atoms with Gasteiger partial charge in [0, 0.05) is 16.8 Å². The van der Waals surface area contributed by atoms with Crippen molar-refractivity contribution < 1.29 is 17.9 Å². The maximum absolute atomic E-state index is 13.0. The SMILES string of the molecule is O=c1n(Cc2ccc(C(F)(F)F)nc2)nc2c(Oc3ccccc3)c(-c3ccc(Cl)cc3)cnn12. The van der Waals surface area contributed by atoms with Crippen LogP contribution in [0.1, 0.15) is 11.3 Å². The van der Waals surface area contributed by atoms with Crippen molar-refractivity contribution in [3.63, 3.8) is 0 Å². The summed E-state index contributed by atoms with van der Waals surface area (Å²) in [5.41, 5.74) is 0.227. The first-order valence-electron chi connectivity index (χ1n) is 10.3. The molecular formula is C24H15ClF3N5O2. The van der Waals surface area contributed by atoms with Gasteiger partial charge in [0.1, 0.15) is 11.4 Å². The van der Waals surface area contributed by atoms with E-state index in [0.717, 1.165) is 27.0 Å². The summed E-state index contributed by atoms with van der Waals surface area (Å²) in [6.07, 6.45) is -2.00. The third-order valence-corrected chi connectivity index (χ3v) is 5.39.